The molecule has 0 unspecified atom stereocenters. The van der Waals surface area contributed by atoms with Crippen LogP contribution in [-0.4, -0.2) is 39.5 Å². The van der Waals surface area contributed by atoms with Crippen LogP contribution < -0.4 is 5.62 Å². The summed E-state index contributed by atoms with van der Waals surface area (Å²) in [5.41, 5.74) is 1.21. The third-order valence-corrected chi connectivity index (χ3v) is 5.34. The normalized spacial score (nSPS) is 11.7. The summed E-state index contributed by atoms with van der Waals surface area (Å²) in [7, 11) is 0. The number of benzene rings is 2. The zero-order valence-electron chi connectivity index (χ0n) is 17.4. The van der Waals surface area contributed by atoms with E-state index in [0.29, 0.717) is 6.54 Å². The summed E-state index contributed by atoms with van der Waals surface area (Å²) < 4.78 is 41.8. The highest BCUT2D eigenvalue weighted by Gasteiger charge is 2.30. The van der Waals surface area contributed by atoms with Gasteiger partial charge in [-0.15, -0.1) is 17.0 Å². The van der Waals surface area contributed by atoms with Crippen molar-refractivity contribution in [3.8, 4) is 0 Å². The van der Waals surface area contributed by atoms with Gasteiger partial charge >= 0.3 is 6.18 Å². The minimum absolute atomic E-state index is 0. The van der Waals surface area contributed by atoms with Gasteiger partial charge in [0, 0.05) is 18.7 Å². The largest absolute Gasteiger partial charge is 0.416 e. The van der Waals surface area contributed by atoms with Crippen molar-refractivity contribution in [2.24, 2.45) is 0 Å². The third-order valence-electron chi connectivity index (χ3n) is 5.34. The quantitative estimate of drug-likeness (QED) is 0.456. The first kappa shape index (κ1) is 24.9. The molecule has 2 aromatic carbocycles. The van der Waals surface area contributed by atoms with Crippen molar-refractivity contribution < 1.29 is 18.0 Å². The van der Waals surface area contributed by atoms with Crippen LogP contribution in [0, 0.1) is 5.41 Å². The lowest BCUT2D eigenvalue weighted by atomic mass is 10.1. The summed E-state index contributed by atoms with van der Waals surface area (Å²) >= 11 is 0. The van der Waals surface area contributed by atoms with Crippen LogP contribution >= 0.6 is 17.0 Å². The predicted molar refractivity (Wildman–Crippen MR) is 120 cm³/mol. The number of carbonyl (C=O) groups is 1. The van der Waals surface area contributed by atoms with Crippen molar-refractivity contribution in [1.82, 2.24) is 14.0 Å². The number of ketones is 1. The predicted octanol–water partition coefficient (Wildman–Crippen LogP) is 4.74. The number of Topliss-reactive ketones (excluding diaryl/α,β-unsaturated/α-hetero) is 1. The standard InChI is InChI=1S/C22H25F3N4O.BrH/c1-3-27(4-2)13-14-28-18-7-5-6-8-19(18)29(21(28)26)15-20(30)16-9-11-17(12-10-16)22(23,24)25;/h5-12,26H,3-4,13-15H2,1-2H3;1H. The molecule has 1 aromatic heterocycles. The van der Waals surface area contributed by atoms with Gasteiger partial charge in [-0.25, -0.2) is 0 Å². The van der Waals surface area contributed by atoms with Gasteiger partial charge in [0.15, 0.2) is 5.78 Å². The number of hydrogen-bond donors (Lipinski definition) is 1. The number of aromatic nitrogens is 2. The van der Waals surface area contributed by atoms with E-state index in [1.165, 1.54) is 12.1 Å². The Morgan fingerprint density at radius 3 is 2.03 bits per heavy atom. The number of para-hydroxylation sites is 2. The van der Waals surface area contributed by atoms with Gasteiger partial charge in [0.2, 0.25) is 5.62 Å². The molecule has 0 aliphatic rings. The molecule has 0 bridgehead atoms. The first-order valence-electron chi connectivity index (χ1n) is 9.91. The number of imidazole rings is 1. The van der Waals surface area contributed by atoms with Crippen LogP contribution in [0.1, 0.15) is 29.8 Å². The lowest BCUT2D eigenvalue weighted by molar-refractivity contribution is -0.137. The second-order valence-electron chi connectivity index (χ2n) is 7.08. The van der Waals surface area contributed by atoms with E-state index in [-0.39, 0.29) is 40.5 Å². The average molecular weight is 499 g/mol. The minimum atomic E-state index is -4.44. The maximum absolute atomic E-state index is 12.8. The maximum Gasteiger partial charge on any atom is 0.416 e. The van der Waals surface area contributed by atoms with E-state index in [2.05, 4.69) is 18.7 Å². The molecule has 1 heterocycles. The molecule has 0 saturated carbocycles. The molecule has 0 fully saturated rings. The van der Waals surface area contributed by atoms with E-state index in [9.17, 15) is 18.0 Å². The van der Waals surface area contributed by atoms with Gasteiger partial charge in [-0.05, 0) is 37.4 Å². The van der Waals surface area contributed by atoms with Crippen LogP contribution in [0.15, 0.2) is 48.5 Å². The average Bonchev–Trinajstić information content (AvgIpc) is 2.99. The number of halogens is 4. The number of carbonyl (C=O) groups excluding carboxylic acids is 1. The smallest absolute Gasteiger partial charge is 0.309 e. The van der Waals surface area contributed by atoms with Gasteiger partial charge in [-0.3, -0.25) is 10.2 Å². The Balaban J connectivity index is 0.00000341. The van der Waals surface area contributed by atoms with Crippen LogP contribution in [0.3, 0.4) is 0 Å². The molecule has 0 saturated heterocycles. The maximum atomic E-state index is 12.8. The van der Waals surface area contributed by atoms with Gasteiger partial charge < -0.3 is 14.0 Å². The van der Waals surface area contributed by atoms with Crippen LogP contribution in [-0.2, 0) is 19.3 Å². The zero-order valence-corrected chi connectivity index (χ0v) is 19.2. The molecule has 5 nitrogen and oxygen atoms in total. The number of nitrogens with zero attached hydrogens (tertiary/aromatic N) is 3. The van der Waals surface area contributed by atoms with E-state index in [0.717, 1.165) is 42.8 Å². The fraction of sp³-hybridized carbons (Fsp3) is 0.364. The Morgan fingerprint density at radius 1 is 0.968 bits per heavy atom. The van der Waals surface area contributed by atoms with Crippen molar-refractivity contribution in [3.63, 3.8) is 0 Å². The van der Waals surface area contributed by atoms with E-state index in [1.54, 1.807) is 4.57 Å². The van der Waals surface area contributed by atoms with Gasteiger partial charge in [-0.1, -0.05) is 38.1 Å². The summed E-state index contributed by atoms with van der Waals surface area (Å²) in [6.45, 7) is 7.28. The third kappa shape index (κ3) is 5.46. The molecule has 168 valence electrons. The lowest BCUT2D eigenvalue weighted by Crippen LogP contribution is -2.32. The van der Waals surface area contributed by atoms with Crippen LogP contribution in [0.4, 0.5) is 13.2 Å². The molecule has 0 amide bonds. The topological polar surface area (TPSA) is 54.0 Å². The molecule has 0 spiro atoms. The van der Waals surface area contributed by atoms with E-state index < -0.39 is 11.7 Å². The van der Waals surface area contributed by atoms with Gasteiger partial charge in [0.05, 0.1) is 23.1 Å². The molecular weight excluding hydrogens is 473 g/mol. The fourth-order valence-corrected chi connectivity index (χ4v) is 3.54. The van der Waals surface area contributed by atoms with Crippen molar-refractivity contribution in [2.45, 2.75) is 33.1 Å². The Hall–Kier alpha value is -2.39. The highest BCUT2D eigenvalue weighted by atomic mass is 79.9. The highest BCUT2D eigenvalue weighted by Crippen LogP contribution is 2.29. The number of hydrogen-bond acceptors (Lipinski definition) is 3. The van der Waals surface area contributed by atoms with Crippen LogP contribution in [0.2, 0.25) is 0 Å². The fourth-order valence-electron chi connectivity index (χ4n) is 3.54. The van der Waals surface area contributed by atoms with E-state index in [4.69, 9.17) is 5.41 Å². The molecule has 3 rings (SSSR count). The van der Waals surface area contributed by atoms with Crippen LogP contribution in [0.25, 0.3) is 11.0 Å². The molecule has 31 heavy (non-hydrogen) atoms. The molecule has 0 aliphatic carbocycles. The molecule has 0 radical (unpaired) electrons. The van der Waals surface area contributed by atoms with Crippen molar-refractivity contribution in [2.75, 3.05) is 19.6 Å². The first-order valence-corrected chi connectivity index (χ1v) is 9.91. The lowest BCUT2D eigenvalue weighted by Gasteiger charge is -2.18. The first-order chi connectivity index (χ1) is 14.3. The molecular formula is C22H26BrF3N4O. The SMILES string of the molecule is Br.CCN(CC)CCn1c(=N)n(CC(=O)c2ccc(C(F)(F)F)cc2)c2ccccc21. The Labute approximate surface area is 189 Å². The summed E-state index contributed by atoms with van der Waals surface area (Å²) in [5, 5.41) is 8.61. The Kier molecular flexibility index (Phi) is 8.25. The summed E-state index contributed by atoms with van der Waals surface area (Å²) in [6, 6.07) is 11.7. The van der Waals surface area contributed by atoms with Crippen molar-refractivity contribution in [3.05, 3.63) is 65.3 Å². The van der Waals surface area contributed by atoms with Gasteiger partial charge in [-0.2, -0.15) is 13.2 Å². The second-order valence-corrected chi connectivity index (χ2v) is 7.08. The molecule has 1 N–H and O–H groups in total. The summed E-state index contributed by atoms with van der Waals surface area (Å²) in [5.74, 6) is -0.339. The Morgan fingerprint density at radius 2 is 1.52 bits per heavy atom. The van der Waals surface area contributed by atoms with Crippen LogP contribution in [0.5, 0.6) is 0 Å². The van der Waals surface area contributed by atoms with E-state index in [1.807, 2.05) is 28.8 Å². The molecule has 3 aromatic rings. The summed E-state index contributed by atoms with van der Waals surface area (Å²) in [6.07, 6.45) is -4.44. The zero-order chi connectivity index (χ0) is 21.9. The number of nitrogens with one attached hydrogen (secondary N) is 1. The van der Waals surface area contributed by atoms with Crippen molar-refractivity contribution in [1.29, 1.82) is 5.41 Å². The number of rotatable bonds is 8. The highest BCUT2D eigenvalue weighted by molar-refractivity contribution is 8.93. The van der Waals surface area contributed by atoms with E-state index >= 15 is 0 Å². The molecule has 9 heteroatoms. The van der Waals surface area contributed by atoms with Gasteiger partial charge in [0.1, 0.15) is 0 Å². The number of fused-ring (bicyclic) bond motifs is 1. The summed E-state index contributed by atoms with van der Waals surface area (Å²) in [4.78, 5) is 15.0. The van der Waals surface area contributed by atoms with Gasteiger partial charge in [0.25, 0.3) is 0 Å². The second kappa shape index (κ2) is 10.3. The molecule has 0 aliphatic heterocycles. The van der Waals surface area contributed by atoms with Crippen molar-refractivity contribution >= 4 is 33.8 Å². The number of likely N-dealkylation sites (N-methyl/N-ethyl adjacent to an activating group) is 1. The molecule has 0 atom stereocenters. The monoisotopic (exact) mass is 498 g/mol. The minimum Gasteiger partial charge on any atom is -0.309 e. The number of alkyl halides is 3. The Bertz CT molecular complexity index is 1080.